The number of aliphatic hydroxyl groups is 1. The molecule has 0 bridgehead atoms. The van der Waals surface area contributed by atoms with E-state index in [2.05, 4.69) is 0 Å². The van der Waals surface area contributed by atoms with Gasteiger partial charge in [0.1, 0.15) is 12.2 Å². The third kappa shape index (κ3) is 3.36. The van der Waals surface area contributed by atoms with E-state index in [1.807, 2.05) is 51.1 Å². The molecule has 1 fully saturated rings. The molecule has 0 saturated carbocycles. The molecule has 1 aliphatic heterocycles. The Morgan fingerprint density at radius 3 is 2.48 bits per heavy atom. The Labute approximate surface area is 125 Å². The predicted octanol–water partition coefficient (Wildman–Crippen LogP) is 2.51. The number of benzene rings is 1. The third-order valence-corrected chi connectivity index (χ3v) is 3.87. The lowest BCUT2D eigenvalue weighted by molar-refractivity contribution is -0.140. The minimum atomic E-state index is -0.969. The van der Waals surface area contributed by atoms with Crippen LogP contribution >= 0.6 is 0 Å². The molecule has 3 atom stereocenters. The quantitative estimate of drug-likeness (QED) is 0.879. The second kappa shape index (κ2) is 6.03. The van der Waals surface area contributed by atoms with Crippen LogP contribution in [0.3, 0.4) is 0 Å². The molecular weight excluding hydrogens is 270 g/mol. The Balaban J connectivity index is 2.33. The largest absolute Gasteiger partial charge is 0.465 e. The lowest BCUT2D eigenvalue weighted by Gasteiger charge is -2.47. The highest BCUT2D eigenvalue weighted by Gasteiger charge is 2.45. The molecule has 0 radical (unpaired) electrons. The summed E-state index contributed by atoms with van der Waals surface area (Å²) in [6.45, 7) is 6.52. The Kier molecular flexibility index (Phi) is 4.54. The van der Waals surface area contributed by atoms with Crippen molar-refractivity contribution in [1.82, 2.24) is 4.90 Å². The molecule has 2 N–H and O–H groups in total. The summed E-state index contributed by atoms with van der Waals surface area (Å²) in [5.74, 6) is 0. The van der Waals surface area contributed by atoms with Gasteiger partial charge in [0.2, 0.25) is 0 Å². The topological polar surface area (TPSA) is 70.0 Å². The first-order valence-electron chi connectivity index (χ1n) is 7.16. The van der Waals surface area contributed by atoms with E-state index in [0.717, 1.165) is 5.56 Å². The number of hydrogen-bond acceptors (Lipinski definition) is 3. The van der Waals surface area contributed by atoms with Gasteiger partial charge in [-0.15, -0.1) is 0 Å². The second-order valence-corrected chi connectivity index (χ2v) is 6.48. The van der Waals surface area contributed by atoms with E-state index in [4.69, 9.17) is 4.74 Å². The molecule has 116 valence electrons. The highest BCUT2D eigenvalue weighted by atomic mass is 16.5. The molecule has 2 unspecified atom stereocenters. The fourth-order valence-corrected chi connectivity index (χ4v) is 2.97. The SMILES string of the molecule is CC(C)(C)C1[C@@H](C(O)c2ccccc2)OCCN1C(=O)O. The van der Waals surface area contributed by atoms with Gasteiger partial charge in [0.05, 0.1) is 12.6 Å². The first-order chi connectivity index (χ1) is 9.82. The van der Waals surface area contributed by atoms with Crippen LogP contribution in [0.1, 0.15) is 32.4 Å². The molecule has 1 aromatic carbocycles. The van der Waals surface area contributed by atoms with E-state index in [0.29, 0.717) is 13.2 Å². The van der Waals surface area contributed by atoms with Crippen molar-refractivity contribution in [2.45, 2.75) is 39.0 Å². The predicted molar refractivity (Wildman–Crippen MR) is 79.1 cm³/mol. The van der Waals surface area contributed by atoms with E-state index in [1.165, 1.54) is 4.90 Å². The molecule has 5 nitrogen and oxygen atoms in total. The maximum Gasteiger partial charge on any atom is 0.407 e. The molecule has 2 rings (SSSR count). The Morgan fingerprint density at radius 1 is 1.33 bits per heavy atom. The highest BCUT2D eigenvalue weighted by molar-refractivity contribution is 5.66. The van der Waals surface area contributed by atoms with Gasteiger partial charge in [-0.3, -0.25) is 4.90 Å². The van der Waals surface area contributed by atoms with Crippen molar-refractivity contribution >= 4 is 6.09 Å². The average Bonchev–Trinajstić information content (AvgIpc) is 2.45. The fraction of sp³-hybridized carbons (Fsp3) is 0.562. The summed E-state index contributed by atoms with van der Waals surface area (Å²) >= 11 is 0. The monoisotopic (exact) mass is 293 g/mol. The fourth-order valence-electron chi connectivity index (χ4n) is 2.97. The number of hydrogen-bond donors (Lipinski definition) is 2. The number of nitrogens with zero attached hydrogens (tertiary/aromatic N) is 1. The van der Waals surface area contributed by atoms with Crippen LogP contribution in [0, 0.1) is 5.41 Å². The third-order valence-electron chi connectivity index (χ3n) is 3.87. The lowest BCUT2D eigenvalue weighted by Crippen LogP contribution is -2.60. The van der Waals surface area contributed by atoms with Gasteiger partial charge < -0.3 is 14.9 Å². The zero-order valence-electron chi connectivity index (χ0n) is 12.7. The average molecular weight is 293 g/mol. The van der Waals surface area contributed by atoms with Crippen molar-refractivity contribution in [3.63, 3.8) is 0 Å². The van der Waals surface area contributed by atoms with Gasteiger partial charge in [0, 0.05) is 6.54 Å². The number of carboxylic acid groups (broad SMARTS) is 1. The number of ether oxygens (including phenoxy) is 1. The first kappa shape index (κ1) is 15.8. The van der Waals surface area contributed by atoms with Crippen molar-refractivity contribution in [1.29, 1.82) is 0 Å². The maximum absolute atomic E-state index is 11.5. The molecule has 1 amide bonds. The van der Waals surface area contributed by atoms with E-state index < -0.39 is 24.3 Å². The smallest absolute Gasteiger partial charge is 0.407 e. The summed E-state index contributed by atoms with van der Waals surface area (Å²) in [7, 11) is 0. The number of amides is 1. The summed E-state index contributed by atoms with van der Waals surface area (Å²) < 4.78 is 5.76. The van der Waals surface area contributed by atoms with Gasteiger partial charge in [-0.25, -0.2) is 4.79 Å². The van der Waals surface area contributed by atoms with Crippen molar-refractivity contribution in [2.24, 2.45) is 5.41 Å². The van der Waals surface area contributed by atoms with E-state index in [1.54, 1.807) is 0 Å². The normalized spacial score (nSPS) is 24.7. The van der Waals surface area contributed by atoms with Crippen molar-refractivity contribution in [3.05, 3.63) is 35.9 Å². The Bertz CT molecular complexity index is 483. The van der Waals surface area contributed by atoms with Crippen LogP contribution in [0.4, 0.5) is 4.79 Å². The molecule has 1 heterocycles. The van der Waals surface area contributed by atoms with Crippen molar-refractivity contribution < 1.29 is 19.7 Å². The molecule has 0 aliphatic carbocycles. The summed E-state index contributed by atoms with van der Waals surface area (Å²) in [4.78, 5) is 12.9. The van der Waals surface area contributed by atoms with Gasteiger partial charge in [-0.05, 0) is 11.0 Å². The molecule has 1 aromatic rings. The lowest BCUT2D eigenvalue weighted by atomic mass is 9.79. The minimum Gasteiger partial charge on any atom is -0.465 e. The summed E-state index contributed by atoms with van der Waals surface area (Å²) in [5.41, 5.74) is 0.406. The van der Waals surface area contributed by atoms with Crippen molar-refractivity contribution in [2.75, 3.05) is 13.2 Å². The standard InChI is InChI=1S/C16H23NO4/c1-16(2,3)14-13(21-10-9-17(14)15(19)20)12(18)11-7-5-4-6-8-11/h4-8,12-14,18H,9-10H2,1-3H3,(H,19,20)/t12?,13-,14?/m1/s1. The van der Waals surface area contributed by atoms with Crippen molar-refractivity contribution in [3.8, 4) is 0 Å². The van der Waals surface area contributed by atoms with Crippen LogP contribution in [0.2, 0.25) is 0 Å². The first-order valence-corrected chi connectivity index (χ1v) is 7.16. The number of morpholine rings is 1. The highest BCUT2D eigenvalue weighted by Crippen LogP contribution is 2.36. The van der Waals surface area contributed by atoms with Crippen LogP contribution in [-0.4, -0.2) is 46.5 Å². The van der Waals surface area contributed by atoms with Crippen LogP contribution in [0.5, 0.6) is 0 Å². The van der Waals surface area contributed by atoms with E-state index in [-0.39, 0.29) is 5.41 Å². The second-order valence-electron chi connectivity index (χ2n) is 6.48. The number of rotatable bonds is 2. The zero-order valence-corrected chi connectivity index (χ0v) is 12.7. The molecule has 5 heteroatoms. The van der Waals surface area contributed by atoms with E-state index in [9.17, 15) is 15.0 Å². The summed E-state index contributed by atoms with van der Waals surface area (Å²) in [5, 5.41) is 20.1. The van der Waals surface area contributed by atoms with Crippen LogP contribution in [-0.2, 0) is 4.74 Å². The van der Waals surface area contributed by atoms with Crippen LogP contribution in [0.25, 0.3) is 0 Å². The van der Waals surface area contributed by atoms with Gasteiger partial charge in [-0.2, -0.15) is 0 Å². The molecule has 0 aromatic heterocycles. The van der Waals surface area contributed by atoms with Crippen LogP contribution in [0.15, 0.2) is 30.3 Å². The van der Waals surface area contributed by atoms with Gasteiger partial charge in [0.15, 0.2) is 0 Å². The van der Waals surface area contributed by atoms with E-state index >= 15 is 0 Å². The molecule has 21 heavy (non-hydrogen) atoms. The number of aliphatic hydroxyl groups excluding tert-OH is 1. The summed E-state index contributed by atoms with van der Waals surface area (Å²) in [6.07, 6.45) is -2.39. The molecular formula is C16H23NO4. The molecule has 0 spiro atoms. The minimum absolute atomic E-state index is 0.299. The summed E-state index contributed by atoms with van der Waals surface area (Å²) in [6, 6.07) is 8.83. The zero-order chi connectivity index (χ0) is 15.6. The van der Waals surface area contributed by atoms with Gasteiger partial charge in [0.25, 0.3) is 0 Å². The van der Waals surface area contributed by atoms with Gasteiger partial charge >= 0.3 is 6.09 Å². The molecule has 1 saturated heterocycles. The van der Waals surface area contributed by atoms with Gasteiger partial charge in [-0.1, -0.05) is 51.1 Å². The van der Waals surface area contributed by atoms with Crippen LogP contribution < -0.4 is 0 Å². The maximum atomic E-state index is 11.5. The number of carbonyl (C=O) groups is 1. The Hall–Kier alpha value is -1.59. The molecule has 1 aliphatic rings. The Morgan fingerprint density at radius 2 is 1.95 bits per heavy atom.